The lowest BCUT2D eigenvalue weighted by atomic mass is 9.83. The Morgan fingerprint density at radius 1 is 1.45 bits per heavy atom. The standard InChI is InChI=1S/C15H21NO3S/c1-4-5-15(14(18)19)6-7-16(9-15)13(17)12-8-10(2)11(3)20-12/h8H,4-7,9H2,1-3H3,(H,18,19). The average molecular weight is 295 g/mol. The van der Waals surface area contributed by atoms with E-state index in [4.69, 9.17) is 0 Å². The highest BCUT2D eigenvalue weighted by Crippen LogP contribution is 2.36. The van der Waals surface area contributed by atoms with Gasteiger partial charge in [0.15, 0.2) is 0 Å². The molecule has 4 nitrogen and oxygen atoms in total. The number of amides is 1. The number of hydrogen-bond acceptors (Lipinski definition) is 3. The van der Waals surface area contributed by atoms with Gasteiger partial charge in [0.25, 0.3) is 5.91 Å². The largest absolute Gasteiger partial charge is 0.481 e. The van der Waals surface area contributed by atoms with Gasteiger partial charge in [0.2, 0.25) is 0 Å². The summed E-state index contributed by atoms with van der Waals surface area (Å²) in [5.74, 6) is -0.793. The second kappa shape index (κ2) is 5.56. The van der Waals surface area contributed by atoms with Crippen LogP contribution in [0.4, 0.5) is 0 Å². The topological polar surface area (TPSA) is 57.6 Å². The third-order valence-corrected chi connectivity index (χ3v) is 5.34. The van der Waals surface area contributed by atoms with Crippen LogP contribution < -0.4 is 0 Å². The highest BCUT2D eigenvalue weighted by atomic mass is 32.1. The van der Waals surface area contributed by atoms with E-state index in [1.54, 1.807) is 4.90 Å². The number of nitrogens with zero attached hydrogens (tertiary/aromatic N) is 1. The normalized spacial score (nSPS) is 22.2. The third-order valence-electron chi connectivity index (χ3n) is 4.20. The molecule has 1 aliphatic heterocycles. The maximum atomic E-state index is 12.5. The highest BCUT2D eigenvalue weighted by Gasteiger charge is 2.45. The predicted octanol–water partition coefficient (Wildman–Crippen LogP) is 3.08. The van der Waals surface area contributed by atoms with E-state index in [0.717, 1.165) is 21.7 Å². The molecular weight excluding hydrogens is 274 g/mol. The summed E-state index contributed by atoms with van der Waals surface area (Å²) >= 11 is 1.49. The molecule has 110 valence electrons. The molecule has 1 aliphatic rings. The van der Waals surface area contributed by atoms with Crippen LogP contribution in [0, 0.1) is 19.3 Å². The Bertz CT molecular complexity index is 518. The molecule has 1 amide bonds. The molecule has 0 radical (unpaired) electrons. The van der Waals surface area contributed by atoms with Gasteiger partial charge in [-0.25, -0.2) is 0 Å². The minimum atomic E-state index is -0.770. The Kier molecular flexibility index (Phi) is 4.18. The van der Waals surface area contributed by atoms with Gasteiger partial charge in [-0.2, -0.15) is 0 Å². The number of hydrogen-bond donors (Lipinski definition) is 1. The number of aliphatic carboxylic acids is 1. The van der Waals surface area contributed by atoms with Crippen LogP contribution in [0.3, 0.4) is 0 Å². The van der Waals surface area contributed by atoms with Gasteiger partial charge >= 0.3 is 5.97 Å². The summed E-state index contributed by atoms with van der Waals surface area (Å²) in [6, 6.07) is 1.91. The van der Waals surface area contributed by atoms with Crippen LogP contribution in [-0.2, 0) is 4.79 Å². The zero-order valence-corrected chi connectivity index (χ0v) is 13.0. The SMILES string of the molecule is CCCC1(C(=O)O)CCN(C(=O)c2cc(C)c(C)s2)C1. The van der Waals surface area contributed by atoms with Crippen LogP contribution in [0.2, 0.25) is 0 Å². The van der Waals surface area contributed by atoms with Crippen molar-refractivity contribution in [3.8, 4) is 0 Å². The van der Waals surface area contributed by atoms with Crippen molar-refractivity contribution in [1.29, 1.82) is 0 Å². The molecule has 2 heterocycles. The molecule has 1 unspecified atom stereocenters. The molecule has 0 aromatic carbocycles. The molecule has 1 aromatic heterocycles. The second-order valence-corrected chi connectivity index (χ2v) is 6.92. The fraction of sp³-hybridized carbons (Fsp3) is 0.600. The minimum absolute atomic E-state index is 0.0228. The first-order chi connectivity index (χ1) is 9.39. The fourth-order valence-electron chi connectivity index (χ4n) is 2.84. The zero-order valence-electron chi connectivity index (χ0n) is 12.2. The lowest BCUT2D eigenvalue weighted by Gasteiger charge is -2.24. The van der Waals surface area contributed by atoms with E-state index in [1.807, 2.05) is 26.8 Å². The van der Waals surface area contributed by atoms with Crippen molar-refractivity contribution >= 4 is 23.2 Å². The number of likely N-dealkylation sites (tertiary alicyclic amines) is 1. The molecular formula is C15H21NO3S. The predicted molar refractivity (Wildman–Crippen MR) is 79.3 cm³/mol. The molecule has 2 rings (SSSR count). The van der Waals surface area contributed by atoms with Gasteiger partial charge in [-0.3, -0.25) is 9.59 Å². The van der Waals surface area contributed by atoms with Crippen LogP contribution in [0.1, 0.15) is 46.3 Å². The van der Waals surface area contributed by atoms with Crippen LogP contribution >= 0.6 is 11.3 Å². The Labute approximate surface area is 123 Å². The summed E-state index contributed by atoms with van der Waals surface area (Å²) in [6.45, 7) is 6.86. The van der Waals surface area contributed by atoms with E-state index in [0.29, 0.717) is 25.9 Å². The monoisotopic (exact) mass is 295 g/mol. The van der Waals surface area contributed by atoms with Gasteiger partial charge in [0.05, 0.1) is 10.3 Å². The molecule has 20 heavy (non-hydrogen) atoms. The molecule has 1 N–H and O–H groups in total. The molecule has 0 saturated carbocycles. The van der Waals surface area contributed by atoms with Gasteiger partial charge in [-0.15, -0.1) is 11.3 Å². The molecule has 0 aliphatic carbocycles. The molecule has 1 atom stereocenters. The summed E-state index contributed by atoms with van der Waals surface area (Å²) in [4.78, 5) is 27.6. The Balaban J connectivity index is 2.16. The summed E-state index contributed by atoms with van der Waals surface area (Å²) in [5, 5.41) is 9.48. The van der Waals surface area contributed by atoms with Crippen molar-refractivity contribution in [3.05, 3.63) is 21.4 Å². The molecule has 0 bridgehead atoms. The van der Waals surface area contributed by atoms with Crippen molar-refractivity contribution in [3.63, 3.8) is 0 Å². The van der Waals surface area contributed by atoms with E-state index < -0.39 is 11.4 Å². The van der Waals surface area contributed by atoms with Gasteiger partial charge in [-0.05, 0) is 38.3 Å². The minimum Gasteiger partial charge on any atom is -0.481 e. The average Bonchev–Trinajstić information content (AvgIpc) is 2.95. The fourth-order valence-corrected chi connectivity index (χ4v) is 3.85. The molecule has 1 fully saturated rings. The number of carboxylic acids is 1. The molecule has 1 saturated heterocycles. The van der Waals surface area contributed by atoms with Gasteiger partial charge < -0.3 is 10.0 Å². The van der Waals surface area contributed by atoms with Crippen LogP contribution in [0.15, 0.2) is 6.07 Å². The first-order valence-corrected chi connectivity index (χ1v) is 7.81. The molecule has 5 heteroatoms. The summed E-state index contributed by atoms with van der Waals surface area (Å²) < 4.78 is 0. The number of aryl methyl sites for hydroxylation is 2. The molecule has 0 spiro atoms. The summed E-state index contributed by atoms with van der Waals surface area (Å²) in [6.07, 6.45) is 2.02. The number of thiophene rings is 1. The van der Waals surface area contributed by atoms with E-state index in [2.05, 4.69) is 0 Å². The van der Waals surface area contributed by atoms with E-state index in [-0.39, 0.29) is 5.91 Å². The Morgan fingerprint density at radius 2 is 2.15 bits per heavy atom. The van der Waals surface area contributed by atoms with E-state index in [1.165, 1.54) is 11.3 Å². The quantitative estimate of drug-likeness (QED) is 0.928. The van der Waals surface area contributed by atoms with Crippen molar-refractivity contribution in [2.75, 3.05) is 13.1 Å². The maximum Gasteiger partial charge on any atom is 0.311 e. The van der Waals surface area contributed by atoms with Gasteiger partial charge in [-0.1, -0.05) is 13.3 Å². The summed E-state index contributed by atoms with van der Waals surface area (Å²) in [5.41, 5.74) is 0.377. The zero-order chi connectivity index (χ0) is 14.9. The Hall–Kier alpha value is -1.36. The number of rotatable bonds is 4. The first-order valence-electron chi connectivity index (χ1n) is 6.99. The lowest BCUT2D eigenvalue weighted by molar-refractivity contribution is -0.148. The second-order valence-electron chi connectivity index (χ2n) is 5.66. The molecule has 1 aromatic rings. The summed E-state index contributed by atoms with van der Waals surface area (Å²) in [7, 11) is 0. The van der Waals surface area contributed by atoms with Gasteiger partial charge in [0.1, 0.15) is 0 Å². The van der Waals surface area contributed by atoms with Crippen molar-refractivity contribution < 1.29 is 14.7 Å². The van der Waals surface area contributed by atoms with Gasteiger partial charge in [0, 0.05) is 18.0 Å². The smallest absolute Gasteiger partial charge is 0.311 e. The van der Waals surface area contributed by atoms with Crippen LogP contribution in [-0.4, -0.2) is 35.0 Å². The highest BCUT2D eigenvalue weighted by molar-refractivity contribution is 7.14. The van der Waals surface area contributed by atoms with Crippen molar-refractivity contribution in [2.45, 2.75) is 40.0 Å². The number of carboxylic acid groups (broad SMARTS) is 1. The van der Waals surface area contributed by atoms with E-state index >= 15 is 0 Å². The van der Waals surface area contributed by atoms with E-state index in [9.17, 15) is 14.7 Å². The lowest BCUT2D eigenvalue weighted by Crippen LogP contribution is -2.36. The maximum absolute atomic E-state index is 12.5. The van der Waals surface area contributed by atoms with Crippen LogP contribution in [0.5, 0.6) is 0 Å². The Morgan fingerprint density at radius 3 is 2.65 bits per heavy atom. The third kappa shape index (κ3) is 2.59. The van der Waals surface area contributed by atoms with Crippen molar-refractivity contribution in [2.24, 2.45) is 5.41 Å². The number of carbonyl (C=O) groups excluding carboxylic acids is 1. The first kappa shape index (κ1) is 15.0. The number of carbonyl (C=O) groups is 2. The van der Waals surface area contributed by atoms with Crippen molar-refractivity contribution in [1.82, 2.24) is 4.90 Å². The van der Waals surface area contributed by atoms with Crippen LogP contribution in [0.25, 0.3) is 0 Å².